The molecular formula is C21H33N3O2S. The number of aryl methyl sites for hydroxylation is 3. The Balaban J connectivity index is 1.79. The zero-order valence-electron chi connectivity index (χ0n) is 17.5. The van der Waals surface area contributed by atoms with E-state index in [9.17, 15) is 9.59 Å². The van der Waals surface area contributed by atoms with Crippen LogP contribution in [0.25, 0.3) is 0 Å². The molecule has 0 aliphatic carbocycles. The average molecular weight is 392 g/mol. The first kappa shape index (κ1) is 21.8. The van der Waals surface area contributed by atoms with E-state index in [2.05, 4.69) is 43.1 Å². The van der Waals surface area contributed by atoms with Crippen LogP contribution in [0.1, 0.15) is 37.5 Å². The molecule has 6 heteroatoms. The lowest BCUT2D eigenvalue weighted by Crippen LogP contribution is -2.53. The van der Waals surface area contributed by atoms with Crippen molar-refractivity contribution in [2.24, 2.45) is 0 Å². The van der Waals surface area contributed by atoms with Crippen LogP contribution in [0.5, 0.6) is 0 Å². The minimum Gasteiger partial charge on any atom is -0.350 e. The lowest BCUT2D eigenvalue weighted by molar-refractivity contribution is -0.130. The van der Waals surface area contributed by atoms with Crippen molar-refractivity contribution in [3.05, 3.63) is 28.8 Å². The summed E-state index contributed by atoms with van der Waals surface area (Å²) in [5, 5.41) is 2.99. The number of piperazine rings is 1. The zero-order chi connectivity index (χ0) is 20.2. The highest BCUT2D eigenvalue weighted by molar-refractivity contribution is 8.00. The van der Waals surface area contributed by atoms with Gasteiger partial charge in [0.25, 0.3) is 0 Å². The first-order valence-electron chi connectivity index (χ1n) is 9.57. The summed E-state index contributed by atoms with van der Waals surface area (Å²) in [6.07, 6.45) is 0. The second-order valence-electron chi connectivity index (χ2n) is 8.47. The molecule has 0 aromatic heterocycles. The highest BCUT2D eigenvalue weighted by atomic mass is 32.2. The van der Waals surface area contributed by atoms with E-state index in [0.29, 0.717) is 25.4 Å². The van der Waals surface area contributed by atoms with Crippen LogP contribution in [0.15, 0.2) is 17.0 Å². The smallest absolute Gasteiger partial charge is 0.234 e. The molecule has 1 saturated heterocycles. The molecule has 2 amide bonds. The summed E-state index contributed by atoms with van der Waals surface area (Å²) < 4.78 is 0. The van der Waals surface area contributed by atoms with E-state index in [1.165, 1.54) is 21.6 Å². The van der Waals surface area contributed by atoms with Crippen LogP contribution in [-0.4, -0.2) is 65.6 Å². The van der Waals surface area contributed by atoms with Crippen molar-refractivity contribution >= 4 is 23.6 Å². The van der Waals surface area contributed by atoms with Gasteiger partial charge in [0.1, 0.15) is 0 Å². The molecule has 1 aromatic rings. The van der Waals surface area contributed by atoms with Crippen LogP contribution >= 0.6 is 11.8 Å². The fourth-order valence-corrected chi connectivity index (χ4v) is 4.46. The second-order valence-corrected chi connectivity index (χ2v) is 9.46. The summed E-state index contributed by atoms with van der Waals surface area (Å²) in [5.74, 6) is 0.691. The SMILES string of the molecule is Cc1cc(C)c(SCC(=O)N2CCN(CC(=O)NC(C)(C)C)CC2)c(C)c1. The van der Waals surface area contributed by atoms with E-state index in [0.717, 1.165) is 13.1 Å². The highest BCUT2D eigenvalue weighted by Gasteiger charge is 2.24. The van der Waals surface area contributed by atoms with Crippen molar-refractivity contribution in [1.29, 1.82) is 0 Å². The number of thioether (sulfide) groups is 1. The average Bonchev–Trinajstić information content (AvgIpc) is 2.52. The number of amides is 2. The van der Waals surface area contributed by atoms with E-state index in [1.807, 2.05) is 25.7 Å². The minimum absolute atomic E-state index is 0.0446. The van der Waals surface area contributed by atoms with Crippen molar-refractivity contribution < 1.29 is 9.59 Å². The number of benzene rings is 1. The Labute approximate surface area is 167 Å². The first-order valence-corrected chi connectivity index (χ1v) is 10.6. The molecule has 1 fully saturated rings. The van der Waals surface area contributed by atoms with Gasteiger partial charge in [-0.1, -0.05) is 17.7 Å². The van der Waals surface area contributed by atoms with E-state index < -0.39 is 0 Å². The summed E-state index contributed by atoms with van der Waals surface area (Å²) in [7, 11) is 0. The van der Waals surface area contributed by atoms with Gasteiger partial charge in [0.15, 0.2) is 0 Å². The molecule has 150 valence electrons. The molecule has 1 heterocycles. The molecule has 5 nitrogen and oxygen atoms in total. The monoisotopic (exact) mass is 391 g/mol. The van der Waals surface area contributed by atoms with Crippen molar-refractivity contribution in [1.82, 2.24) is 15.1 Å². The van der Waals surface area contributed by atoms with Crippen LogP contribution in [-0.2, 0) is 9.59 Å². The van der Waals surface area contributed by atoms with Gasteiger partial charge in [-0.3, -0.25) is 14.5 Å². The van der Waals surface area contributed by atoms with Crippen LogP contribution in [0.3, 0.4) is 0 Å². The van der Waals surface area contributed by atoms with Gasteiger partial charge in [-0.2, -0.15) is 0 Å². The number of nitrogens with zero attached hydrogens (tertiary/aromatic N) is 2. The largest absolute Gasteiger partial charge is 0.350 e. The van der Waals surface area contributed by atoms with Gasteiger partial charge >= 0.3 is 0 Å². The maximum absolute atomic E-state index is 12.6. The van der Waals surface area contributed by atoms with Crippen LogP contribution in [0.2, 0.25) is 0 Å². The van der Waals surface area contributed by atoms with E-state index >= 15 is 0 Å². The van der Waals surface area contributed by atoms with E-state index in [1.54, 1.807) is 11.8 Å². The Morgan fingerprint density at radius 3 is 2.11 bits per heavy atom. The third kappa shape index (κ3) is 6.85. The molecule has 0 unspecified atom stereocenters. The molecule has 1 N–H and O–H groups in total. The topological polar surface area (TPSA) is 52.7 Å². The standard InChI is InChI=1S/C21H33N3O2S/c1-15-11-16(2)20(17(3)12-15)27-14-19(26)24-9-7-23(8-10-24)13-18(25)22-21(4,5)6/h11-12H,7-10,13-14H2,1-6H3,(H,22,25). The molecule has 1 aliphatic heterocycles. The normalized spacial score (nSPS) is 15.7. The van der Waals surface area contributed by atoms with Crippen molar-refractivity contribution in [3.8, 4) is 0 Å². The van der Waals surface area contributed by atoms with Crippen LogP contribution < -0.4 is 5.32 Å². The molecule has 27 heavy (non-hydrogen) atoms. The van der Waals surface area contributed by atoms with Gasteiger partial charge in [-0.15, -0.1) is 11.8 Å². The van der Waals surface area contributed by atoms with Gasteiger partial charge in [0.2, 0.25) is 11.8 Å². The Morgan fingerprint density at radius 1 is 1.04 bits per heavy atom. The summed E-state index contributed by atoms with van der Waals surface area (Å²) >= 11 is 1.63. The number of hydrogen-bond acceptors (Lipinski definition) is 4. The number of carbonyl (C=O) groups is 2. The van der Waals surface area contributed by atoms with Gasteiger partial charge < -0.3 is 10.2 Å². The quantitative estimate of drug-likeness (QED) is 0.784. The number of carbonyl (C=O) groups excluding carboxylic acids is 2. The number of rotatable bonds is 5. The van der Waals surface area contributed by atoms with Crippen molar-refractivity contribution in [2.45, 2.75) is 52.0 Å². The molecule has 0 radical (unpaired) electrons. The number of nitrogens with one attached hydrogen (secondary N) is 1. The third-order valence-electron chi connectivity index (χ3n) is 4.55. The highest BCUT2D eigenvalue weighted by Crippen LogP contribution is 2.27. The Kier molecular flexibility index (Phi) is 7.34. The van der Waals surface area contributed by atoms with Crippen molar-refractivity contribution in [3.63, 3.8) is 0 Å². The molecule has 0 bridgehead atoms. The summed E-state index contributed by atoms with van der Waals surface area (Å²) in [5.41, 5.74) is 3.52. The maximum Gasteiger partial charge on any atom is 0.234 e. The second kappa shape index (κ2) is 9.11. The van der Waals surface area contributed by atoms with E-state index in [4.69, 9.17) is 0 Å². The van der Waals surface area contributed by atoms with Gasteiger partial charge in [-0.05, 0) is 52.7 Å². The van der Waals surface area contributed by atoms with Gasteiger partial charge in [0, 0.05) is 36.6 Å². The number of hydrogen-bond donors (Lipinski definition) is 1. The maximum atomic E-state index is 12.6. The Hall–Kier alpha value is -1.53. The van der Waals surface area contributed by atoms with Crippen molar-refractivity contribution in [2.75, 3.05) is 38.5 Å². The fraction of sp³-hybridized carbons (Fsp3) is 0.619. The molecule has 1 aromatic carbocycles. The zero-order valence-corrected chi connectivity index (χ0v) is 18.3. The summed E-state index contributed by atoms with van der Waals surface area (Å²) in [6, 6.07) is 4.34. The predicted molar refractivity (Wildman–Crippen MR) is 112 cm³/mol. The summed E-state index contributed by atoms with van der Waals surface area (Å²) in [4.78, 5) is 29.9. The molecule has 0 saturated carbocycles. The predicted octanol–water partition coefficient (Wildman–Crippen LogP) is 2.76. The lowest BCUT2D eigenvalue weighted by atomic mass is 10.1. The van der Waals surface area contributed by atoms with E-state index in [-0.39, 0.29) is 17.4 Å². The minimum atomic E-state index is -0.210. The molecule has 2 rings (SSSR count). The molecular weight excluding hydrogens is 358 g/mol. The Morgan fingerprint density at radius 2 is 1.59 bits per heavy atom. The first-order chi connectivity index (χ1) is 12.5. The molecule has 1 aliphatic rings. The molecule has 0 atom stereocenters. The Bertz CT molecular complexity index is 666. The fourth-order valence-electron chi connectivity index (χ4n) is 3.44. The molecule has 0 spiro atoms. The third-order valence-corrected chi connectivity index (χ3v) is 5.88. The summed E-state index contributed by atoms with van der Waals surface area (Å²) in [6.45, 7) is 15.5. The lowest BCUT2D eigenvalue weighted by Gasteiger charge is -2.35. The van der Waals surface area contributed by atoms with Crippen LogP contribution in [0.4, 0.5) is 0 Å². The van der Waals surface area contributed by atoms with Gasteiger partial charge in [0.05, 0.1) is 12.3 Å². The van der Waals surface area contributed by atoms with Gasteiger partial charge in [-0.25, -0.2) is 0 Å². The van der Waals surface area contributed by atoms with Crippen LogP contribution in [0, 0.1) is 20.8 Å².